The van der Waals surface area contributed by atoms with Crippen LogP contribution < -0.4 is 5.32 Å². The van der Waals surface area contributed by atoms with Crippen LogP contribution in [0, 0.1) is 18.8 Å². The standard InChI is InChI=1S/C21H22FN7O/c1-11(9-25-29-23)6-7-13-10-24-21(30)15-8-17(27-18(13)15)14-4-3-5-16-19(14)28-20(22)12(2)26-16/h3-5,8,11,13,27H,6-7,9-10H2,1-2H3,(H,24,30). The number of para-hydroxylation sites is 1. The summed E-state index contributed by atoms with van der Waals surface area (Å²) in [6.45, 7) is 4.63. The number of carbonyl (C=O) groups is 1. The summed E-state index contributed by atoms with van der Waals surface area (Å²) in [4.78, 5) is 27.0. The Labute approximate surface area is 172 Å². The number of hydrogen-bond acceptors (Lipinski definition) is 4. The van der Waals surface area contributed by atoms with Crippen molar-refractivity contribution >= 4 is 16.9 Å². The third kappa shape index (κ3) is 3.71. The van der Waals surface area contributed by atoms with Crippen LogP contribution in [0.4, 0.5) is 4.39 Å². The summed E-state index contributed by atoms with van der Waals surface area (Å²) in [5.41, 5.74) is 12.7. The lowest BCUT2D eigenvalue weighted by molar-refractivity contribution is 0.0938. The van der Waals surface area contributed by atoms with E-state index in [2.05, 4.69) is 30.3 Å². The van der Waals surface area contributed by atoms with Gasteiger partial charge < -0.3 is 10.3 Å². The Morgan fingerprint density at radius 2 is 2.20 bits per heavy atom. The minimum absolute atomic E-state index is 0.125. The van der Waals surface area contributed by atoms with Crippen LogP contribution in [0.5, 0.6) is 0 Å². The van der Waals surface area contributed by atoms with Gasteiger partial charge in [-0.05, 0) is 43.3 Å². The average molecular weight is 407 g/mol. The van der Waals surface area contributed by atoms with Crippen LogP contribution in [-0.4, -0.2) is 33.9 Å². The molecule has 2 unspecified atom stereocenters. The molecule has 9 heteroatoms. The van der Waals surface area contributed by atoms with Crippen molar-refractivity contribution in [3.05, 3.63) is 57.6 Å². The van der Waals surface area contributed by atoms with Crippen LogP contribution in [0.2, 0.25) is 0 Å². The number of nitrogens with zero attached hydrogens (tertiary/aromatic N) is 5. The van der Waals surface area contributed by atoms with Crippen LogP contribution in [-0.2, 0) is 0 Å². The van der Waals surface area contributed by atoms with Gasteiger partial charge in [-0.2, -0.15) is 4.39 Å². The monoisotopic (exact) mass is 407 g/mol. The summed E-state index contributed by atoms with van der Waals surface area (Å²) in [5, 5.41) is 6.58. The van der Waals surface area contributed by atoms with Crippen molar-refractivity contribution in [3.63, 3.8) is 0 Å². The smallest absolute Gasteiger partial charge is 0.253 e. The topological polar surface area (TPSA) is 119 Å². The number of amides is 1. The van der Waals surface area contributed by atoms with Crippen LogP contribution in [0.3, 0.4) is 0 Å². The largest absolute Gasteiger partial charge is 0.357 e. The van der Waals surface area contributed by atoms with Crippen LogP contribution in [0.1, 0.15) is 47.4 Å². The summed E-state index contributed by atoms with van der Waals surface area (Å²) in [6.07, 6.45) is 1.72. The first kappa shape index (κ1) is 19.8. The van der Waals surface area contributed by atoms with Crippen molar-refractivity contribution in [3.8, 4) is 11.3 Å². The molecular weight excluding hydrogens is 385 g/mol. The molecule has 0 aliphatic carbocycles. The molecule has 0 saturated carbocycles. The lowest BCUT2D eigenvalue weighted by Gasteiger charge is -2.24. The maximum absolute atomic E-state index is 14.1. The Kier molecular flexibility index (Phi) is 5.37. The molecule has 1 aliphatic rings. The zero-order valence-electron chi connectivity index (χ0n) is 16.8. The first-order valence-corrected chi connectivity index (χ1v) is 9.93. The fourth-order valence-corrected chi connectivity index (χ4v) is 3.90. The number of halogens is 1. The van der Waals surface area contributed by atoms with Gasteiger partial charge in [0.15, 0.2) is 0 Å². The Balaban J connectivity index is 1.68. The molecule has 30 heavy (non-hydrogen) atoms. The first-order chi connectivity index (χ1) is 14.5. The SMILES string of the molecule is Cc1nc2cccc(-c3cc4c([nH]3)C(CCC(C)CN=[N+]=[N-])CNC4=O)c2nc1F. The van der Waals surface area contributed by atoms with E-state index in [0.29, 0.717) is 40.9 Å². The molecule has 2 atom stereocenters. The quantitative estimate of drug-likeness (QED) is 0.352. The minimum atomic E-state index is -0.601. The number of hydrogen-bond donors (Lipinski definition) is 2. The van der Waals surface area contributed by atoms with Crippen molar-refractivity contribution in [2.45, 2.75) is 32.6 Å². The molecule has 1 amide bonds. The molecule has 154 valence electrons. The number of rotatable bonds is 6. The minimum Gasteiger partial charge on any atom is -0.357 e. The van der Waals surface area contributed by atoms with Crippen molar-refractivity contribution < 1.29 is 9.18 Å². The number of azide groups is 1. The van der Waals surface area contributed by atoms with E-state index >= 15 is 0 Å². The molecule has 2 aromatic heterocycles. The molecule has 1 aliphatic heterocycles. The molecule has 0 fully saturated rings. The summed E-state index contributed by atoms with van der Waals surface area (Å²) in [5.74, 6) is -0.342. The van der Waals surface area contributed by atoms with Crippen LogP contribution in [0.15, 0.2) is 29.4 Å². The molecule has 0 radical (unpaired) electrons. The van der Waals surface area contributed by atoms with E-state index in [4.69, 9.17) is 5.53 Å². The Morgan fingerprint density at radius 1 is 1.37 bits per heavy atom. The Bertz CT molecular complexity index is 1170. The molecule has 3 aromatic rings. The summed E-state index contributed by atoms with van der Waals surface area (Å²) in [6, 6.07) is 7.28. The van der Waals surface area contributed by atoms with E-state index in [1.54, 1.807) is 19.1 Å². The van der Waals surface area contributed by atoms with Gasteiger partial charge in [0.2, 0.25) is 5.95 Å². The second kappa shape index (κ2) is 8.12. The number of aromatic amines is 1. The first-order valence-electron chi connectivity index (χ1n) is 9.93. The molecule has 0 bridgehead atoms. The number of fused-ring (bicyclic) bond motifs is 2. The number of aromatic nitrogens is 3. The summed E-state index contributed by atoms with van der Waals surface area (Å²) in [7, 11) is 0. The number of nitrogens with one attached hydrogen (secondary N) is 2. The lowest BCUT2D eigenvalue weighted by atomic mass is 9.90. The van der Waals surface area contributed by atoms with E-state index in [0.717, 1.165) is 18.5 Å². The molecule has 1 aromatic carbocycles. The lowest BCUT2D eigenvalue weighted by Crippen LogP contribution is -2.34. The van der Waals surface area contributed by atoms with Crippen LogP contribution >= 0.6 is 0 Å². The third-order valence-electron chi connectivity index (χ3n) is 5.58. The highest BCUT2D eigenvalue weighted by atomic mass is 19.1. The van der Waals surface area contributed by atoms with Gasteiger partial charge in [-0.1, -0.05) is 24.2 Å². The second-order valence-corrected chi connectivity index (χ2v) is 7.79. The van der Waals surface area contributed by atoms with E-state index in [9.17, 15) is 9.18 Å². The Morgan fingerprint density at radius 3 is 3.00 bits per heavy atom. The number of carbonyl (C=O) groups excluding carboxylic acids is 1. The molecule has 2 N–H and O–H groups in total. The summed E-state index contributed by atoms with van der Waals surface area (Å²) >= 11 is 0. The molecule has 0 spiro atoms. The van der Waals surface area contributed by atoms with Crippen molar-refractivity contribution in [2.24, 2.45) is 11.0 Å². The van der Waals surface area contributed by atoms with E-state index in [-0.39, 0.29) is 23.4 Å². The fourth-order valence-electron chi connectivity index (χ4n) is 3.90. The van der Waals surface area contributed by atoms with E-state index in [1.165, 1.54) is 0 Å². The highest BCUT2D eigenvalue weighted by Crippen LogP contribution is 2.34. The van der Waals surface area contributed by atoms with Gasteiger partial charge in [0, 0.05) is 40.9 Å². The number of benzene rings is 1. The van der Waals surface area contributed by atoms with Crippen molar-refractivity contribution in [2.75, 3.05) is 13.1 Å². The van der Waals surface area contributed by atoms with Gasteiger partial charge in [0.1, 0.15) is 5.52 Å². The predicted molar refractivity (Wildman–Crippen MR) is 112 cm³/mol. The van der Waals surface area contributed by atoms with E-state index in [1.807, 2.05) is 19.1 Å². The predicted octanol–water partition coefficient (Wildman–Crippen LogP) is 4.63. The molecule has 8 nitrogen and oxygen atoms in total. The molecule has 3 heterocycles. The fraction of sp³-hybridized carbons (Fsp3) is 0.381. The molecule has 0 saturated heterocycles. The van der Waals surface area contributed by atoms with Crippen LogP contribution in [0.25, 0.3) is 32.7 Å². The third-order valence-corrected chi connectivity index (χ3v) is 5.58. The zero-order valence-corrected chi connectivity index (χ0v) is 16.8. The maximum atomic E-state index is 14.1. The number of H-pyrrole nitrogens is 1. The highest BCUT2D eigenvalue weighted by Gasteiger charge is 2.28. The zero-order chi connectivity index (χ0) is 21.3. The van der Waals surface area contributed by atoms with Gasteiger partial charge in [-0.3, -0.25) is 4.79 Å². The number of aryl methyl sites for hydroxylation is 1. The van der Waals surface area contributed by atoms with Crippen molar-refractivity contribution in [1.82, 2.24) is 20.3 Å². The Hall–Kier alpha value is -3.45. The maximum Gasteiger partial charge on any atom is 0.253 e. The molecule has 4 rings (SSSR count). The summed E-state index contributed by atoms with van der Waals surface area (Å²) < 4.78 is 14.1. The van der Waals surface area contributed by atoms with Gasteiger partial charge in [0.25, 0.3) is 5.91 Å². The molecular formula is C21H22FN7O. The van der Waals surface area contributed by atoms with Crippen molar-refractivity contribution in [1.29, 1.82) is 0 Å². The van der Waals surface area contributed by atoms with Gasteiger partial charge in [-0.15, -0.1) is 0 Å². The van der Waals surface area contributed by atoms with E-state index < -0.39 is 5.95 Å². The highest BCUT2D eigenvalue weighted by molar-refractivity contribution is 5.99. The van der Waals surface area contributed by atoms with Gasteiger partial charge in [0.05, 0.1) is 16.8 Å². The normalized spacial score (nSPS) is 16.6. The van der Waals surface area contributed by atoms with Gasteiger partial charge >= 0.3 is 0 Å². The van der Waals surface area contributed by atoms with Gasteiger partial charge in [-0.25, -0.2) is 9.97 Å². The second-order valence-electron chi connectivity index (χ2n) is 7.79. The average Bonchev–Trinajstić information content (AvgIpc) is 3.18.